The SMILES string of the molecule is Cc1c2c(O[C@H](C)[C@H]3CCC(=O)C3)cc(-c3cnn(CCF)c3)cc2nn1C. The van der Waals surface area contributed by atoms with Gasteiger partial charge >= 0.3 is 0 Å². The van der Waals surface area contributed by atoms with E-state index in [1.54, 1.807) is 10.9 Å². The average molecular weight is 384 g/mol. The van der Waals surface area contributed by atoms with Crippen LogP contribution < -0.4 is 4.74 Å². The van der Waals surface area contributed by atoms with Gasteiger partial charge in [-0.05, 0) is 38.0 Å². The number of aromatic nitrogens is 4. The Balaban J connectivity index is 1.73. The van der Waals surface area contributed by atoms with Crippen LogP contribution in [0.2, 0.25) is 0 Å². The Morgan fingerprint density at radius 2 is 2.18 bits per heavy atom. The molecule has 2 heterocycles. The second-order valence-corrected chi connectivity index (χ2v) is 7.62. The molecule has 1 aliphatic carbocycles. The lowest BCUT2D eigenvalue weighted by atomic mass is 10.0. The summed E-state index contributed by atoms with van der Waals surface area (Å²) in [6, 6.07) is 4.01. The minimum Gasteiger partial charge on any atom is -0.490 e. The van der Waals surface area contributed by atoms with Crippen LogP contribution in [0.3, 0.4) is 0 Å². The van der Waals surface area contributed by atoms with Crippen molar-refractivity contribution in [1.29, 1.82) is 0 Å². The van der Waals surface area contributed by atoms with Crippen molar-refractivity contribution in [2.45, 2.75) is 45.8 Å². The van der Waals surface area contributed by atoms with E-state index >= 15 is 0 Å². The summed E-state index contributed by atoms with van der Waals surface area (Å²) >= 11 is 0. The number of fused-ring (bicyclic) bond motifs is 1. The highest BCUT2D eigenvalue weighted by atomic mass is 19.1. The molecule has 0 saturated heterocycles. The molecule has 1 aliphatic rings. The van der Waals surface area contributed by atoms with Gasteiger partial charge in [-0.15, -0.1) is 0 Å². The van der Waals surface area contributed by atoms with Crippen molar-refractivity contribution in [3.05, 3.63) is 30.2 Å². The summed E-state index contributed by atoms with van der Waals surface area (Å²) in [4.78, 5) is 11.7. The summed E-state index contributed by atoms with van der Waals surface area (Å²) in [5, 5.41) is 9.82. The van der Waals surface area contributed by atoms with Crippen LogP contribution in [0.25, 0.3) is 22.0 Å². The first kappa shape index (κ1) is 18.7. The number of rotatable bonds is 6. The summed E-state index contributed by atoms with van der Waals surface area (Å²) in [5.41, 5.74) is 3.70. The average Bonchev–Trinajstić information content (AvgIpc) is 3.36. The van der Waals surface area contributed by atoms with Crippen molar-refractivity contribution in [2.75, 3.05) is 6.67 Å². The first-order valence-corrected chi connectivity index (χ1v) is 9.70. The summed E-state index contributed by atoms with van der Waals surface area (Å²) in [6.45, 7) is 3.84. The zero-order chi connectivity index (χ0) is 19.8. The van der Waals surface area contributed by atoms with Crippen LogP contribution >= 0.6 is 0 Å². The predicted octanol–water partition coefficient (Wildman–Crippen LogP) is 3.85. The normalized spacial score (nSPS) is 18.1. The van der Waals surface area contributed by atoms with Gasteiger partial charge in [-0.2, -0.15) is 10.2 Å². The van der Waals surface area contributed by atoms with Crippen LogP contribution in [0.5, 0.6) is 5.75 Å². The number of hydrogen-bond acceptors (Lipinski definition) is 4. The monoisotopic (exact) mass is 384 g/mol. The van der Waals surface area contributed by atoms with Crippen LogP contribution in [-0.4, -0.2) is 38.1 Å². The highest BCUT2D eigenvalue weighted by Crippen LogP contribution is 2.36. The van der Waals surface area contributed by atoms with E-state index in [1.807, 2.05) is 43.9 Å². The molecule has 0 amide bonds. The van der Waals surface area contributed by atoms with E-state index in [-0.39, 0.29) is 18.6 Å². The molecule has 4 rings (SSSR count). The number of alkyl halides is 1. The van der Waals surface area contributed by atoms with Crippen molar-refractivity contribution in [1.82, 2.24) is 19.6 Å². The van der Waals surface area contributed by atoms with E-state index < -0.39 is 6.67 Å². The maximum atomic E-state index is 12.6. The molecule has 0 radical (unpaired) electrons. The van der Waals surface area contributed by atoms with E-state index in [2.05, 4.69) is 10.2 Å². The predicted molar refractivity (Wildman–Crippen MR) is 105 cm³/mol. The van der Waals surface area contributed by atoms with Crippen molar-refractivity contribution in [2.24, 2.45) is 13.0 Å². The van der Waals surface area contributed by atoms with Gasteiger partial charge in [-0.3, -0.25) is 14.2 Å². The number of halogens is 1. The number of hydrogen-bond donors (Lipinski definition) is 0. The van der Waals surface area contributed by atoms with Gasteiger partial charge in [-0.25, -0.2) is 4.39 Å². The summed E-state index contributed by atoms with van der Waals surface area (Å²) < 4.78 is 22.4. The second-order valence-electron chi connectivity index (χ2n) is 7.62. The van der Waals surface area contributed by atoms with Gasteiger partial charge in [-0.1, -0.05) is 0 Å². The number of carbonyl (C=O) groups excluding carboxylic acids is 1. The van der Waals surface area contributed by atoms with Gasteiger partial charge in [0.1, 0.15) is 18.2 Å². The molecule has 2 atom stereocenters. The smallest absolute Gasteiger partial charge is 0.133 e. The van der Waals surface area contributed by atoms with Crippen LogP contribution in [0.15, 0.2) is 24.5 Å². The fourth-order valence-electron chi connectivity index (χ4n) is 3.96. The molecule has 0 spiro atoms. The van der Waals surface area contributed by atoms with Gasteiger partial charge in [0.15, 0.2) is 0 Å². The fourth-order valence-corrected chi connectivity index (χ4v) is 3.96. The summed E-state index contributed by atoms with van der Waals surface area (Å²) in [5.74, 6) is 1.33. The molecule has 1 aromatic carbocycles. The highest BCUT2D eigenvalue weighted by Gasteiger charge is 2.29. The van der Waals surface area contributed by atoms with Crippen molar-refractivity contribution in [3.63, 3.8) is 0 Å². The third-order valence-electron chi connectivity index (χ3n) is 5.73. The first-order chi connectivity index (χ1) is 13.5. The van der Waals surface area contributed by atoms with Gasteiger partial charge in [0.2, 0.25) is 0 Å². The van der Waals surface area contributed by atoms with Gasteiger partial charge in [0.05, 0.1) is 29.7 Å². The lowest BCUT2D eigenvalue weighted by Crippen LogP contribution is -2.22. The highest BCUT2D eigenvalue weighted by molar-refractivity contribution is 5.92. The molecule has 0 bridgehead atoms. The maximum Gasteiger partial charge on any atom is 0.133 e. The van der Waals surface area contributed by atoms with Crippen molar-refractivity contribution < 1.29 is 13.9 Å². The summed E-state index contributed by atoms with van der Waals surface area (Å²) in [6.07, 6.45) is 5.62. The molecule has 1 saturated carbocycles. The molecular formula is C21H25FN4O2. The minimum absolute atomic E-state index is 0.0567. The Morgan fingerprint density at radius 1 is 1.36 bits per heavy atom. The first-order valence-electron chi connectivity index (χ1n) is 9.70. The van der Waals surface area contributed by atoms with Crippen LogP contribution in [0, 0.1) is 12.8 Å². The molecule has 28 heavy (non-hydrogen) atoms. The molecule has 6 nitrogen and oxygen atoms in total. The molecule has 148 valence electrons. The Hall–Kier alpha value is -2.70. The number of carbonyl (C=O) groups is 1. The van der Waals surface area contributed by atoms with E-state index in [1.165, 1.54) is 0 Å². The third-order valence-corrected chi connectivity index (χ3v) is 5.73. The quantitative estimate of drug-likeness (QED) is 0.648. The number of nitrogens with zero attached hydrogens (tertiary/aromatic N) is 4. The van der Waals surface area contributed by atoms with Crippen molar-refractivity contribution >= 4 is 16.7 Å². The molecule has 0 unspecified atom stereocenters. The van der Waals surface area contributed by atoms with Crippen LogP contribution in [-0.2, 0) is 18.4 Å². The standard InChI is InChI=1S/C21H25FN4O2/c1-13-21-19(24-25(13)3)9-16(17-11-23-26(12-17)7-6-22)10-20(21)28-14(2)15-4-5-18(27)8-15/h9-12,14-15H,4-8H2,1-3H3/t14-,15+/m1/s1. The molecule has 2 aromatic heterocycles. The molecule has 3 aromatic rings. The van der Waals surface area contributed by atoms with Crippen LogP contribution in [0.1, 0.15) is 31.9 Å². The molecule has 0 N–H and O–H groups in total. The Kier molecular flexibility index (Phi) is 4.91. The largest absolute Gasteiger partial charge is 0.490 e. The Labute approximate surface area is 163 Å². The topological polar surface area (TPSA) is 61.9 Å². The van der Waals surface area contributed by atoms with Crippen LogP contribution in [0.4, 0.5) is 4.39 Å². The van der Waals surface area contributed by atoms with Gasteiger partial charge < -0.3 is 4.74 Å². The minimum atomic E-state index is -0.453. The number of ketones is 1. The number of aryl methyl sites for hydroxylation is 3. The number of ether oxygens (including phenoxy) is 1. The van der Waals surface area contributed by atoms with Gasteiger partial charge in [0, 0.05) is 43.3 Å². The number of benzene rings is 1. The Bertz CT molecular complexity index is 1020. The van der Waals surface area contributed by atoms with Gasteiger partial charge in [0.25, 0.3) is 0 Å². The van der Waals surface area contributed by atoms with Crippen molar-refractivity contribution in [3.8, 4) is 16.9 Å². The zero-order valence-corrected chi connectivity index (χ0v) is 16.5. The van der Waals surface area contributed by atoms with E-state index in [0.29, 0.717) is 18.6 Å². The molecular weight excluding hydrogens is 359 g/mol. The van der Waals surface area contributed by atoms with E-state index in [0.717, 1.165) is 39.9 Å². The molecule has 7 heteroatoms. The third kappa shape index (κ3) is 3.41. The lowest BCUT2D eigenvalue weighted by molar-refractivity contribution is -0.117. The Morgan fingerprint density at radius 3 is 2.89 bits per heavy atom. The number of Topliss-reactive ketones (excluding diaryl/α,β-unsaturated/α-hetero) is 1. The summed E-state index contributed by atoms with van der Waals surface area (Å²) in [7, 11) is 1.91. The lowest BCUT2D eigenvalue weighted by Gasteiger charge is -2.21. The zero-order valence-electron chi connectivity index (χ0n) is 16.5. The molecule has 0 aliphatic heterocycles. The van der Waals surface area contributed by atoms with E-state index in [4.69, 9.17) is 4.74 Å². The maximum absolute atomic E-state index is 12.6. The fraction of sp³-hybridized carbons (Fsp3) is 0.476. The molecule has 1 fully saturated rings. The second kappa shape index (κ2) is 7.37. The van der Waals surface area contributed by atoms with E-state index in [9.17, 15) is 9.18 Å².